The van der Waals surface area contributed by atoms with Crippen molar-refractivity contribution in [2.45, 2.75) is 98.4 Å². The van der Waals surface area contributed by atoms with Gasteiger partial charge in [0.25, 0.3) is 0 Å². The lowest BCUT2D eigenvalue weighted by Crippen LogP contribution is -2.55. The molecule has 0 aliphatic heterocycles. The van der Waals surface area contributed by atoms with E-state index in [0.717, 1.165) is 36.0 Å². The normalized spacial score (nSPS) is 13.6. The highest BCUT2D eigenvalue weighted by Crippen LogP contribution is 2.27. The highest BCUT2D eigenvalue weighted by atomic mass is 16.6. The first-order valence-electron chi connectivity index (χ1n) is 14.2. The number of nitrogens with zero attached hydrogens (tertiary/aromatic N) is 1. The van der Waals surface area contributed by atoms with Crippen molar-refractivity contribution in [1.82, 2.24) is 15.5 Å². The summed E-state index contributed by atoms with van der Waals surface area (Å²) in [5.74, 6) is -0.698. The van der Waals surface area contributed by atoms with Gasteiger partial charge in [0.15, 0.2) is 0 Å². The molecular formula is C32H47N3O4. The van der Waals surface area contributed by atoms with E-state index in [1.807, 2.05) is 75.4 Å². The van der Waals surface area contributed by atoms with Crippen LogP contribution >= 0.6 is 0 Å². The molecular weight excluding hydrogens is 490 g/mol. The predicted octanol–water partition coefficient (Wildman–Crippen LogP) is 6.31. The molecule has 0 radical (unpaired) electrons. The highest BCUT2D eigenvalue weighted by molar-refractivity contribution is 5.92. The molecule has 0 aliphatic rings. The number of unbranched alkanes of at least 4 members (excludes halogenated alkanes) is 2. The maximum atomic E-state index is 14.3. The van der Waals surface area contributed by atoms with Gasteiger partial charge in [-0.05, 0) is 56.7 Å². The summed E-state index contributed by atoms with van der Waals surface area (Å²) in [6.07, 6.45) is 2.67. The van der Waals surface area contributed by atoms with Crippen LogP contribution in [0.2, 0.25) is 0 Å². The molecule has 39 heavy (non-hydrogen) atoms. The Morgan fingerprint density at radius 3 is 2.18 bits per heavy atom. The van der Waals surface area contributed by atoms with Gasteiger partial charge in [0.2, 0.25) is 11.8 Å². The van der Waals surface area contributed by atoms with Gasteiger partial charge in [-0.3, -0.25) is 9.59 Å². The molecule has 0 saturated carbocycles. The third-order valence-corrected chi connectivity index (χ3v) is 6.79. The zero-order valence-electron chi connectivity index (χ0n) is 24.8. The summed E-state index contributed by atoms with van der Waals surface area (Å²) in [6.45, 7) is 14.1. The fourth-order valence-electron chi connectivity index (χ4n) is 4.42. The molecule has 3 unspecified atom stereocenters. The molecule has 2 rings (SSSR count). The van der Waals surface area contributed by atoms with Crippen LogP contribution in [-0.4, -0.2) is 41.0 Å². The lowest BCUT2D eigenvalue weighted by molar-refractivity contribution is -0.143. The van der Waals surface area contributed by atoms with E-state index in [9.17, 15) is 14.4 Å². The first kappa shape index (κ1) is 31.9. The first-order valence-corrected chi connectivity index (χ1v) is 14.2. The van der Waals surface area contributed by atoms with E-state index in [2.05, 4.69) is 17.6 Å². The Bertz CT molecular complexity index is 1060. The molecule has 7 heteroatoms. The summed E-state index contributed by atoms with van der Waals surface area (Å²) >= 11 is 0. The van der Waals surface area contributed by atoms with Gasteiger partial charge in [0.1, 0.15) is 17.7 Å². The van der Waals surface area contributed by atoms with Crippen molar-refractivity contribution in [3.8, 4) is 0 Å². The van der Waals surface area contributed by atoms with Crippen LogP contribution in [0.4, 0.5) is 4.79 Å². The van der Waals surface area contributed by atoms with E-state index in [4.69, 9.17) is 4.74 Å². The van der Waals surface area contributed by atoms with Crippen molar-refractivity contribution in [2.24, 2.45) is 5.92 Å². The molecule has 7 nitrogen and oxygen atoms in total. The molecule has 2 aromatic rings. The molecule has 3 atom stereocenters. The summed E-state index contributed by atoms with van der Waals surface area (Å²) < 4.78 is 5.49. The number of hydrogen-bond donors (Lipinski definition) is 2. The number of ether oxygens (including phenoxy) is 1. The monoisotopic (exact) mass is 537 g/mol. The lowest BCUT2D eigenvalue weighted by Gasteiger charge is -2.36. The van der Waals surface area contributed by atoms with Gasteiger partial charge in [-0.2, -0.15) is 0 Å². The maximum absolute atomic E-state index is 14.3. The molecule has 0 aromatic heterocycles. The van der Waals surface area contributed by atoms with Gasteiger partial charge in [0.05, 0.1) is 0 Å². The van der Waals surface area contributed by atoms with Crippen molar-refractivity contribution >= 4 is 17.9 Å². The number of aryl methyl sites for hydroxylation is 1. The summed E-state index contributed by atoms with van der Waals surface area (Å²) in [5, 5.41) is 5.89. The Kier molecular flexibility index (Phi) is 12.5. The fourth-order valence-corrected chi connectivity index (χ4v) is 4.42. The fraction of sp³-hybridized carbons (Fsp3) is 0.531. The number of hydrogen-bond acceptors (Lipinski definition) is 4. The van der Waals surface area contributed by atoms with E-state index < -0.39 is 23.8 Å². The molecule has 3 amide bonds. The van der Waals surface area contributed by atoms with E-state index in [1.165, 1.54) is 0 Å². The Morgan fingerprint density at radius 2 is 1.59 bits per heavy atom. The molecule has 0 bridgehead atoms. The summed E-state index contributed by atoms with van der Waals surface area (Å²) in [5.41, 5.74) is 1.97. The third-order valence-electron chi connectivity index (χ3n) is 6.79. The lowest BCUT2D eigenvalue weighted by atomic mass is 9.94. The zero-order chi connectivity index (χ0) is 29.0. The second-order valence-corrected chi connectivity index (χ2v) is 11.2. The smallest absolute Gasteiger partial charge is 0.408 e. The Morgan fingerprint density at radius 1 is 0.949 bits per heavy atom. The number of alkyl carbamates (subject to hydrolysis) is 1. The van der Waals surface area contributed by atoms with Crippen LogP contribution in [0.25, 0.3) is 0 Å². The minimum Gasteiger partial charge on any atom is -0.444 e. The van der Waals surface area contributed by atoms with E-state index >= 15 is 0 Å². The van der Waals surface area contributed by atoms with E-state index in [0.29, 0.717) is 19.5 Å². The Balaban J connectivity index is 2.49. The predicted molar refractivity (Wildman–Crippen MR) is 156 cm³/mol. The van der Waals surface area contributed by atoms with Crippen molar-refractivity contribution in [2.75, 3.05) is 6.54 Å². The van der Waals surface area contributed by atoms with Crippen molar-refractivity contribution < 1.29 is 19.1 Å². The van der Waals surface area contributed by atoms with Gasteiger partial charge in [-0.1, -0.05) is 94.6 Å². The third kappa shape index (κ3) is 10.0. The quantitative estimate of drug-likeness (QED) is 0.293. The second kappa shape index (κ2) is 15.3. The Hall–Kier alpha value is -3.35. The molecule has 2 aromatic carbocycles. The van der Waals surface area contributed by atoms with E-state index in [1.54, 1.807) is 25.7 Å². The summed E-state index contributed by atoms with van der Waals surface area (Å²) in [4.78, 5) is 42.7. The van der Waals surface area contributed by atoms with Gasteiger partial charge in [-0.15, -0.1) is 0 Å². The minimum absolute atomic E-state index is 0.163. The van der Waals surface area contributed by atoms with Crippen molar-refractivity contribution in [3.05, 3.63) is 71.3 Å². The largest absolute Gasteiger partial charge is 0.444 e. The van der Waals surface area contributed by atoms with Crippen molar-refractivity contribution in [1.29, 1.82) is 0 Å². The number of carbonyl (C=O) groups is 3. The molecule has 214 valence electrons. The van der Waals surface area contributed by atoms with Crippen LogP contribution in [0.3, 0.4) is 0 Å². The molecule has 0 aliphatic carbocycles. The average Bonchev–Trinajstić information content (AvgIpc) is 2.89. The highest BCUT2D eigenvalue weighted by Gasteiger charge is 2.38. The standard InChI is InChI=1S/C32H47N3O4/c1-8-10-16-21-35(30(37)27(23(3)9-2)34-31(38)39-32(5,6)7)28(26-20-15-14-17-24(26)4)29(36)33-22-25-18-12-11-13-19-25/h11-15,17-20,23,27-28H,8-10,16,21-22H2,1-7H3,(H,33,36)(H,34,38). The minimum atomic E-state index is -0.841. The SMILES string of the molecule is CCCCCN(C(=O)C(NC(=O)OC(C)(C)C)C(C)CC)C(C(=O)NCc1ccccc1)c1ccccc1C. The average molecular weight is 538 g/mol. The van der Waals surface area contributed by atoms with E-state index in [-0.39, 0.29) is 17.7 Å². The zero-order valence-corrected chi connectivity index (χ0v) is 24.8. The van der Waals surface area contributed by atoms with Crippen LogP contribution in [0.1, 0.15) is 90.0 Å². The second-order valence-electron chi connectivity index (χ2n) is 11.2. The van der Waals surface area contributed by atoms with Gasteiger partial charge in [-0.25, -0.2) is 4.79 Å². The van der Waals surface area contributed by atoms with Crippen LogP contribution in [0.15, 0.2) is 54.6 Å². The first-order chi connectivity index (χ1) is 18.5. The number of nitrogens with one attached hydrogen (secondary N) is 2. The number of carbonyl (C=O) groups excluding carboxylic acids is 3. The van der Waals surface area contributed by atoms with Gasteiger partial charge in [0, 0.05) is 13.1 Å². The molecule has 0 spiro atoms. The number of amides is 3. The maximum Gasteiger partial charge on any atom is 0.408 e. The number of benzene rings is 2. The van der Waals surface area contributed by atoms with Gasteiger partial charge >= 0.3 is 6.09 Å². The molecule has 2 N–H and O–H groups in total. The summed E-state index contributed by atoms with van der Waals surface area (Å²) in [6, 6.07) is 15.7. The Labute approximate surface area is 234 Å². The van der Waals surface area contributed by atoms with Crippen LogP contribution in [0.5, 0.6) is 0 Å². The van der Waals surface area contributed by atoms with Crippen LogP contribution in [-0.2, 0) is 20.9 Å². The molecule has 0 heterocycles. The summed E-state index contributed by atoms with van der Waals surface area (Å²) in [7, 11) is 0. The van der Waals surface area contributed by atoms with Crippen LogP contribution in [0, 0.1) is 12.8 Å². The number of rotatable bonds is 13. The van der Waals surface area contributed by atoms with Crippen molar-refractivity contribution in [3.63, 3.8) is 0 Å². The molecule has 0 fully saturated rings. The van der Waals surface area contributed by atoms with Gasteiger partial charge < -0.3 is 20.3 Å². The topological polar surface area (TPSA) is 87.7 Å². The van der Waals surface area contributed by atoms with Crippen LogP contribution < -0.4 is 10.6 Å². The molecule has 0 saturated heterocycles.